The van der Waals surface area contributed by atoms with E-state index < -0.39 is 0 Å². The second-order valence-corrected chi connectivity index (χ2v) is 7.04. The van der Waals surface area contributed by atoms with Crippen LogP contribution < -0.4 is 11.2 Å². The number of nitrogens with two attached hydrogens (primary N) is 1. The van der Waals surface area contributed by atoms with Gasteiger partial charge in [0.15, 0.2) is 11.0 Å². The molecule has 0 saturated carbocycles. The number of carbonyl (C=O) groups is 1. The lowest BCUT2D eigenvalue weighted by molar-refractivity contribution is -0.114. The molecule has 0 bridgehead atoms. The molecule has 0 radical (unpaired) electrons. The van der Waals surface area contributed by atoms with Crippen molar-refractivity contribution in [3.8, 4) is 11.4 Å². The van der Waals surface area contributed by atoms with E-state index in [1.807, 2.05) is 17.5 Å². The van der Waals surface area contributed by atoms with Gasteiger partial charge in [-0.25, -0.2) is 9.66 Å². The molecule has 3 N–H and O–H groups in total. The molecule has 10 heteroatoms. The normalized spacial score (nSPS) is 10.8. The van der Waals surface area contributed by atoms with Crippen LogP contribution in [0.15, 0.2) is 34.8 Å². The molecule has 3 rings (SSSR count). The lowest BCUT2D eigenvalue weighted by atomic mass is 10.2. The smallest absolute Gasteiger partial charge is 0.223 e. The quantitative estimate of drug-likeness (QED) is 0.521. The van der Waals surface area contributed by atoms with Crippen LogP contribution in [0.5, 0.6) is 0 Å². The second-order valence-electron chi connectivity index (χ2n) is 4.80. The molecule has 0 atom stereocenters. The van der Waals surface area contributed by atoms with Gasteiger partial charge in [0.2, 0.25) is 11.1 Å². The molecule has 2 aromatic heterocycles. The number of nitrogens with zero attached hydrogens (tertiary/aromatic N) is 4. The summed E-state index contributed by atoms with van der Waals surface area (Å²) < 4.78 is 1.43. The second kappa shape index (κ2) is 7.20. The van der Waals surface area contributed by atoms with E-state index in [2.05, 4.69) is 20.5 Å². The van der Waals surface area contributed by atoms with Crippen molar-refractivity contribution in [2.45, 2.75) is 17.8 Å². The highest BCUT2D eigenvalue weighted by Crippen LogP contribution is 2.26. The van der Waals surface area contributed by atoms with Crippen LogP contribution in [0, 0.1) is 0 Å². The highest BCUT2D eigenvalue weighted by molar-refractivity contribution is 7.98. The van der Waals surface area contributed by atoms with Gasteiger partial charge in [-0.15, -0.1) is 21.5 Å². The van der Waals surface area contributed by atoms with Crippen molar-refractivity contribution < 1.29 is 4.79 Å². The van der Waals surface area contributed by atoms with Crippen LogP contribution in [0.1, 0.15) is 12.6 Å². The number of rotatable bonds is 5. The van der Waals surface area contributed by atoms with Crippen LogP contribution >= 0.6 is 34.7 Å². The molecular weight excluding hydrogens is 368 g/mol. The summed E-state index contributed by atoms with van der Waals surface area (Å²) in [5, 5.41) is 14.5. The summed E-state index contributed by atoms with van der Waals surface area (Å²) in [7, 11) is 0. The first-order chi connectivity index (χ1) is 11.5. The van der Waals surface area contributed by atoms with Crippen molar-refractivity contribution >= 4 is 45.7 Å². The van der Waals surface area contributed by atoms with Crippen molar-refractivity contribution in [3.05, 3.63) is 40.4 Å². The van der Waals surface area contributed by atoms with Gasteiger partial charge in [-0.1, -0.05) is 35.5 Å². The van der Waals surface area contributed by atoms with Crippen LogP contribution in [0.25, 0.3) is 11.4 Å². The van der Waals surface area contributed by atoms with Gasteiger partial charge >= 0.3 is 0 Å². The number of aromatic nitrogens is 4. The van der Waals surface area contributed by atoms with Crippen LogP contribution in [0.3, 0.4) is 0 Å². The number of thiazole rings is 1. The van der Waals surface area contributed by atoms with Crippen molar-refractivity contribution in [1.82, 2.24) is 19.9 Å². The summed E-state index contributed by atoms with van der Waals surface area (Å²) in [5.74, 6) is 7.04. The number of hydrogen-bond acceptors (Lipinski definition) is 7. The molecule has 1 aromatic carbocycles. The number of nitrogens with one attached hydrogen (secondary N) is 1. The number of thioether (sulfide) groups is 1. The lowest BCUT2D eigenvalue weighted by Crippen LogP contribution is -2.11. The van der Waals surface area contributed by atoms with E-state index in [0.29, 0.717) is 26.9 Å². The Balaban J connectivity index is 1.70. The molecule has 2 heterocycles. The molecular formula is C14H13ClN6OS2. The molecule has 0 aliphatic rings. The fourth-order valence-corrected chi connectivity index (χ4v) is 3.72. The Bertz CT molecular complexity index is 878. The molecule has 1 amide bonds. The number of halogens is 1. The number of amides is 1. The first kappa shape index (κ1) is 16.7. The van der Waals surface area contributed by atoms with Crippen molar-refractivity contribution in [2.24, 2.45) is 0 Å². The molecule has 0 unspecified atom stereocenters. The first-order valence-corrected chi connectivity index (χ1v) is 9.08. The third kappa shape index (κ3) is 3.86. The Morgan fingerprint density at radius 3 is 3.04 bits per heavy atom. The van der Waals surface area contributed by atoms with Gasteiger partial charge in [-0.2, -0.15) is 0 Å². The molecule has 124 valence electrons. The Morgan fingerprint density at radius 1 is 1.46 bits per heavy atom. The Labute approximate surface area is 151 Å². The van der Waals surface area contributed by atoms with Gasteiger partial charge in [0.1, 0.15) is 0 Å². The molecule has 0 spiro atoms. The zero-order chi connectivity index (χ0) is 17.1. The van der Waals surface area contributed by atoms with Crippen LogP contribution in [0.4, 0.5) is 5.13 Å². The first-order valence-electron chi connectivity index (χ1n) is 6.84. The minimum atomic E-state index is -0.142. The third-order valence-corrected chi connectivity index (χ3v) is 4.95. The number of anilines is 1. The number of hydrogen-bond donors (Lipinski definition) is 2. The van der Waals surface area contributed by atoms with Gasteiger partial charge in [-0.05, 0) is 12.1 Å². The van der Waals surface area contributed by atoms with Crippen molar-refractivity contribution in [1.29, 1.82) is 0 Å². The average Bonchev–Trinajstić information content (AvgIpc) is 3.11. The largest absolute Gasteiger partial charge is 0.335 e. The summed E-state index contributed by atoms with van der Waals surface area (Å²) in [6, 6.07) is 7.27. The SMILES string of the molecule is CC(=O)Nc1nc(CSc2nnc(-c3cccc(Cl)c3)n2N)cs1. The van der Waals surface area contributed by atoms with E-state index in [4.69, 9.17) is 17.4 Å². The van der Waals surface area contributed by atoms with Gasteiger partial charge in [-0.3, -0.25) is 4.79 Å². The summed E-state index contributed by atoms with van der Waals surface area (Å²) in [4.78, 5) is 15.3. The van der Waals surface area contributed by atoms with Gasteiger partial charge in [0.05, 0.1) is 5.69 Å². The maximum Gasteiger partial charge on any atom is 0.223 e. The van der Waals surface area contributed by atoms with Crippen molar-refractivity contribution in [3.63, 3.8) is 0 Å². The maximum absolute atomic E-state index is 11.0. The standard InChI is InChI=1S/C14H13ClN6OS2/c1-8(22)17-13-18-11(6-23-13)7-24-14-20-19-12(21(14)16)9-3-2-4-10(15)5-9/h2-6H,7,16H2,1H3,(H,17,18,22). The predicted octanol–water partition coefficient (Wildman–Crippen LogP) is 3.02. The summed E-state index contributed by atoms with van der Waals surface area (Å²) in [5.41, 5.74) is 1.63. The number of nitrogen functional groups attached to an aromatic ring is 1. The van der Waals surface area contributed by atoms with Crippen LogP contribution in [0.2, 0.25) is 5.02 Å². The molecule has 0 aliphatic heterocycles. The van der Waals surface area contributed by atoms with Gasteiger partial charge < -0.3 is 11.2 Å². The zero-order valence-electron chi connectivity index (χ0n) is 12.6. The summed E-state index contributed by atoms with van der Waals surface area (Å²) >= 11 is 8.78. The van der Waals surface area contributed by atoms with E-state index in [1.165, 1.54) is 34.7 Å². The predicted molar refractivity (Wildman–Crippen MR) is 96.6 cm³/mol. The minimum absolute atomic E-state index is 0.142. The van der Waals surface area contributed by atoms with Crippen LogP contribution in [-0.4, -0.2) is 25.8 Å². The Morgan fingerprint density at radius 2 is 2.29 bits per heavy atom. The number of benzene rings is 1. The Kier molecular flexibility index (Phi) is 5.03. The van der Waals surface area contributed by atoms with E-state index in [0.717, 1.165) is 11.3 Å². The lowest BCUT2D eigenvalue weighted by Gasteiger charge is -2.03. The molecule has 7 nitrogen and oxygen atoms in total. The maximum atomic E-state index is 11.0. The zero-order valence-corrected chi connectivity index (χ0v) is 15.0. The molecule has 0 saturated heterocycles. The van der Waals surface area contributed by atoms with Crippen LogP contribution in [-0.2, 0) is 10.5 Å². The van der Waals surface area contributed by atoms with Gasteiger partial charge in [0.25, 0.3) is 0 Å². The topological polar surface area (TPSA) is 98.7 Å². The number of carbonyl (C=O) groups excluding carboxylic acids is 1. The minimum Gasteiger partial charge on any atom is -0.335 e. The highest BCUT2D eigenvalue weighted by atomic mass is 35.5. The van der Waals surface area contributed by atoms with E-state index in [-0.39, 0.29) is 5.91 Å². The van der Waals surface area contributed by atoms with Gasteiger partial charge in [0, 0.05) is 28.6 Å². The molecule has 3 aromatic rings. The molecule has 0 aliphatic carbocycles. The molecule has 0 fully saturated rings. The van der Waals surface area contributed by atoms with E-state index in [1.54, 1.807) is 12.1 Å². The fourth-order valence-electron chi connectivity index (χ4n) is 1.92. The fraction of sp³-hybridized carbons (Fsp3) is 0.143. The Hall–Kier alpha value is -2.10. The van der Waals surface area contributed by atoms with E-state index in [9.17, 15) is 4.79 Å². The third-order valence-electron chi connectivity index (χ3n) is 2.93. The summed E-state index contributed by atoms with van der Waals surface area (Å²) in [6.07, 6.45) is 0. The molecule has 24 heavy (non-hydrogen) atoms. The average molecular weight is 381 g/mol. The monoisotopic (exact) mass is 380 g/mol. The van der Waals surface area contributed by atoms with E-state index >= 15 is 0 Å². The highest BCUT2D eigenvalue weighted by Gasteiger charge is 2.13. The van der Waals surface area contributed by atoms with Crippen molar-refractivity contribution in [2.75, 3.05) is 11.2 Å². The summed E-state index contributed by atoms with van der Waals surface area (Å²) in [6.45, 7) is 1.45.